The standard InChI is InChI=1S/C25H19ClF3N7O4S/c1-11-6-14(12(2)33-17-4-5-18(26)34-20(17)23(37)36-41(3,38)39)21-15(7-11)19-22(40-21)16(10-32-35-19)13-8-30-24(31-9-13)25(27,28)29/h4-10,12,33H,1-3H3,(H,36,37)/t12-/m1/s1. The topological polar surface area (TPSA) is 153 Å². The van der Waals surface area contributed by atoms with E-state index < -0.39 is 34.0 Å². The zero-order chi connectivity index (χ0) is 29.7. The van der Waals surface area contributed by atoms with Gasteiger partial charge in [0.05, 0.1) is 29.7 Å². The summed E-state index contributed by atoms with van der Waals surface area (Å²) in [6.45, 7) is 3.63. The highest BCUT2D eigenvalue weighted by Crippen LogP contribution is 2.38. The van der Waals surface area contributed by atoms with Gasteiger partial charge < -0.3 is 9.73 Å². The molecular formula is C25H19ClF3N7O4S. The average molecular weight is 606 g/mol. The molecule has 1 amide bonds. The van der Waals surface area contributed by atoms with Crippen molar-refractivity contribution in [3.8, 4) is 11.1 Å². The summed E-state index contributed by atoms with van der Waals surface area (Å²) in [5, 5.41) is 11.9. The lowest BCUT2D eigenvalue weighted by atomic mass is 10.0. The van der Waals surface area contributed by atoms with Crippen LogP contribution in [0.1, 0.15) is 40.4 Å². The van der Waals surface area contributed by atoms with Crippen molar-refractivity contribution in [2.24, 2.45) is 0 Å². The summed E-state index contributed by atoms with van der Waals surface area (Å²) in [5.74, 6) is -2.25. The monoisotopic (exact) mass is 605 g/mol. The summed E-state index contributed by atoms with van der Waals surface area (Å²) in [6, 6.07) is 6.07. The Bertz CT molecular complexity index is 1930. The molecule has 0 spiro atoms. The minimum absolute atomic E-state index is 0.0181. The predicted octanol–water partition coefficient (Wildman–Crippen LogP) is 5.07. The number of carbonyl (C=O) groups excluding carboxylic acids is 1. The van der Waals surface area contributed by atoms with Crippen molar-refractivity contribution < 1.29 is 30.8 Å². The van der Waals surface area contributed by atoms with Gasteiger partial charge in [0, 0.05) is 28.9 Å². The number of furan rings is 1. The van der Waals surface area contributed by atoms with Crippen molar-refractivity contribution in [1.29, 1.82) is 0 Å². The van der Waals surface area contributed by atoms with E-state index in [9.17, 15) is 26.4 Å². The van der Waals surface area contributed by atoms with Gasteiger partial charge in [-0.15, -0.1) is 5.10 Å². The molecule has 11 nitrogen and oxygen atoms in total. The van der Waals surface area contributed by atoms with Crippen molar-refractivity contribution in [2.45, 2.75) is 26.1 Å². The number of sulfonamides is 1. The third-order valence-corrected chi connectivity index (χ3v) is 6.70. The first-order valence-electron chi connectivity index (χ1n) is 11.7. The number of hydrogen-bond donors (Lipinski definition) is 2. The van der Waals surface area contributed by atoms with E-state index >= 15 is 0 Å². The second-order valence-electron chi connectivity index (χ2n) is 9.16. The molecule has 4 aromatic heterocycles. The maximum absolute atomic E-state index is 13.0. The molecule has 1 atom stereocenters. The number of amides is 1. The Hall–Kier alpha value is -4.37. The fourth-order valence-corrected chi connectivity index (χ4v) is 4.82. The molecule has 0 bridgehead atoms. The third-order valence-electron chi connectivity index (χ3n) is 5.93. The van der Waals surface area contributed by atoms with E-state index in [2.05, 4.69) is 30.5 Å². The zero-order valence-corrected chi connectivity index (χ0v) is 23.0. The number of anilines is 1. The number of carbonyl (C=O) groups is 1. The Balaban J connectivity index is 1.58. The van der Waals surface area contributed by atoms with Gasteiger partial charge in [-0.3, -0.25) is 4.79 Å². The van der Waals surface area contributed by atoms with Crippen molar-refractivity contribution in [1.82, 2.24) is 29.9 Å². The number of benzene rings is 1. The molecule has 5 rings (SSSR count). The quantitative estimate of drug-likeness (QED) is 0.251. The first-order chi connectivity index (χ1) is 19.2. The number of halogens is 4. The van der Waals surface area contributed by atoms with Gasteiger partial charge >= 0.3 is 6.18 Å². The maximum Gasteiger partial charge on any atom is 0.451 e. The Morgan fingerprint density at radius 3 is 2.46 bits per heavy atom. The summed E-state index contributed by atoms with van der Waals surface area (Å²) in [5.41, 5.74) is 3.06. The van der Waals surface area contributed by atoms with E-state index in [1.165, 1.54) is 18.3 Å². The second-order valence-corrected chi connectivity index (χ2v) is 11.3. The fourth-order valence-electron chi connectivity index (χ4n) is 4.24. The van der Waals surface area contributed by atoms with Crippen LogP contribution >= 0.6 is 11.6 Å². The normalized spacial score (nSPS) is 13.0. The van der Waals surface area contributed by atoms with Gasteiger partial charge in [-0.25, -0.2) is 28.1 Å². The second kappa shape index (κ2) is 10.2. The minimum atomic E-state index is -4.69. The highest BCUT2D eigenvalue weighted by Gasteiger charge is 2.34. The summed E-state index contributed by atoms with van der Waals surface area (Å²) >= 11 is 5.97. The Morgan fingerprint density at radius 1 is 1.10 bits per heavy atom. The lowest BCUT2D eigenvalue weighted by Gasteiger charge is -2.18. The van der Waals surface area contributed by atoms with Gasteiger partial charge in [-0.05, 0) is 37.6 Å². The molecule has 0 aliphatic heterocycles. The molecule has 0 saturated heterocycles. The number of alkyl halides is 3. The van der Waals surface area contributed by atoms with E-state index in [1.807, 2.05) is 23.8 Å². The molecule has 0 aliphatic carbocycles. The molecule has 41 heavy (non-hydrogen) atoms. The lowest BCUT2D eigenvalue weighted by Crippen LogP contribution is -2.31. The minimum Gasteiger partial charge on any atom is -0.453 e. The molecule has 0 fully saturated rings. The van der Waals surface area contributed by atoms with Crippen molar-refractivity contribution in [3.63, 3.8) is 0 Å². The Morgan fingerprint density at radius 2 is 1.80 bits per heavy atom. The largest absolute Gasteiger partial charge is 0.453 e. The molecule has 0 saturated carbocycles. The third kappa shape index (κ3) is 5.76. The predicted molar refractivity (Wildman–Crippen MR) is 144 cm³/mol. The zero-order valence-electron chi connectivity index (χ0n) is 21.4. The number of aryl methyl sites for hydroxylation is 1. The van der Waals surface area contributed by atoms with Crippen molar-refractivity contribution in [2.75, 3.05) is 11.6 Å². The molecule has 0 radical (unpaired) electrons. The average Bonchev–Trinajstić information content (AvgIpc) is 3.26. The molecule has 1 aromatic carbocycles. The highest BCUT2D eigenvalue weighted by atomic mass is 35.5. The number of pyridine rings is 1. The number of fused-ring (bicyclic) bond motifs is 3. The van der Waals surface area contributed by atoms with Crippen LogP contribution in [0.3, 0.4) is 0 Å². The Labute approximate surface area is 235 Å². The molecule has 212 valence electrons. The van der Waals surface area contributed by atoms with Gasteiger partial charge in [0.2, 0.25) is 15.8 Å². The van der Waals surface area contributed by atoms with Crippen LogP contribution in [0.4, 0.5) is 18.9 Å². The SMILES string of the molecule is Cc1cc([C@@H](C)Nc2ccc(Cl)nc2C(=O)NS(C)(=O)=O)c2oc3c(-c4cnc(C(F)(F)F)nc4)cnnc3c2c1. The van der Waals surface area contributed by atoms with Gasteiger partial charge in [0.25, 0.3) is 5.91 Å². The summed E-state index contributed by atoms with van der Waals surface area (Å²) in [6.07, 6.45) is -0.440. The lowest BCUT2D eigenvalue weighted by molar-refractivity contribution is -0.145. The van der Waals surface area contributed by atoms with Crippen LogP contribution in [0.2, 0.25) is 5.15 Å². The number of aromatic nitrogens is 5. The number of nitrogens with one attached hydrogen (secondary N) is 2. The van der Waals surface area contributed by atoms with Crippen LogP contribution in [0.5, 0.6) is 0 Å². The molecule has 0 aliphatic rings. The molecule has 2 N–H and O–H groups in total. The van der Waals surface area contributed by atoms with E-state index in [0.29, 0.717) is 27.6 Å². The van der Waals surface area contributed by atoms with Gasteiger partial charge in [-0.2, -0.15) is 18.3 Å². The Kier molecular flexibility index (Phi) is 7.03. The highest BCUT2D eigenvalue weighted by molar-refractivity contribution is 7.89. The first kappa shape index (κ1) is 28.2. The summed E-state index contributed by atoms with van der Waals surface area (Å²) < 4.78 is 70.2. The number of nitrogens with zero attached hydrogens (tertiary/aromatic N) is 5. The first-order valence-corrected chi connectivity index (χ1v) is 14.0. The van der Waals surface area contributed by atoms with Gasteiger partial charge in [0.15, 0.2) is 11.3 Å². The molecule has 4 heterocycles. The van der Waals surface area contributed by atoms with Crippen LogP contribution < -0.4 is 10.0 Å². The van der Waals surface area contributed by atoms with Crippen LogP contribution in [0, 0.1) is 6.92 Å². The van der Waals surface area contributed by atoms with Crippen LogP contribution in [-0.2, 0) is 16.2 Å². The van der Waals surface area contributed by atoms with Crippen molar-refractivity contribution in [3.05, 3.63) is 70.7 Å². The van der Waals surface area contributed by atoms with E-state index in [4.69, 9.17) is 16.0 Å². The van der Waals surface area contributed by atoms with E-state index in [0.717, 1.165) is 24.2 Å². The molecule has 16 heteroatoms. The summed E-state index contributed by atoms with van der Waals surface area (Å²) in [7, 11) is -3.87. The van der Waals surface area contributed by atoms with Crippen LogP contribution in [0.15, 0.2) is 47.3 Å². The van der Waals surface area contributed by atoms with E-state index in [-0.39, 0.29) is 27.7 Å². The number of rotatable bonds is 6. The number of hydrogen-bond acceptors (Lipinski definition) is 10. The fraction of sp³-hybridized carbons (Fsp3) is 0.200. The maximum atomic E-state index is 13.0. The molecular weight excluding hydrogens is 587 g/mol. The molecule has 5 aromatic rings. The van der Waals surface area contributed by atoms with Gasteiger partial charge in [0.1, 0.15) is 16.3 Å². The smallest absolute Gasteiger partial charge is 0.451 e. The van der Waals surface area contributed by atoms with E-state index in [1.54, 1.807) is 6.92 Å². The van der Waals surface area contributed by atoms with Crippen molar-refractivity contribution >= 4 is 55.3 Å². The molecule has 0 unspecified atom stereocenters. The van der Waals surface area contributed by atoms with Gasteiger partial charge in [-0.1, -0.05) is 17.7 Å². The van der Waals surface area contributed by atoms with Crippen LogP contribution in [0.25, 0.3) is 33.2 Å². The van der Waals surface area contributed by atoms with Crippen LogP contribution in [-0.4, -0.2) is 45.7 Å². The summed E-state index contributed by atoms with van der Waals surface area (Å²) in [4.78, 5) is 23.5.